The molecule has 1 heterocycles. The second-order valence-corrected chi connectivity index (χ2v) is 5.75. The molecule has 0 saturated carbocycles. The summed E-state index contributed by atoms with van der Waals surface area (Å²) >= 11 is 0. The maximum absolute atomic E-state index is 9.62. The number of aliphatic hydroxyl groups excluding tert-OH is 1. The highest BCUT2D eigenvalue weighted by atomic mass is 16.4. The highest BCUT2D eigenvalue weighted by Gasteiger charge is 2.21. The van der Waals surface area contributed by atoms with E-state index in [0.29, 0.717) is 5.76 Å². The van der Waals surface area contributed by atoms with E-state index in [0.717, 1.165) is 11.0 Å². The molecular weight excluding hydrogens is 212 g/mol. The second kappa shape index (κ2) is 3.88. The summed E-state index contributed by atoms with van der Waals surface area (Å²) in [6.45, 7) is 10.3. The average molecular weight is 232 g/mol. The van der Waals surface area contributed by atoms with Crippen molar-refractivity contribution in [2.75, 3.05) is 0 Å². The molecular formula is C15H20O2. The number of hydrogen-bond acceptors (Lipinski definition) is 2. The zero-order valence-electron chi connectivity index (χ0n) is 11.2. The van der Waals surface area contributed by atoms with Crippen molar-refractivity contribution >= 4 is 11.0 Å². The van der Waals surface area contributed by atoms with Crippen LogP contribution in [0.3, 0.4) is 0 Å². The Morgan fingerprint density at radius 3 is 2.41 bits per heavy atom. The Bertz CT molecular complexity index is 542. The van der Waals surface area contributed by atoms with Crippen LogP contribution in [0.2, 0.25) is 0 Å². The quantitative estimate of drug-likeness (QED) is 0.803. The molecule has 0 amide bonds. The van der Waals surface area contributed by atoms with E-state index in [1.807, 2.05) is 6.07 Å². The Morgan fingerprint density at radius 2 is 1.88 bits per heavy atom. The van der Waals surface area contributed by atoms with Crippen LogP contribution in [0.1, 0.15) is 50.7 Å². The molecule has 1 aromatic heterocycles. The van der Waals surface area contributed by atoms with Gasteiger partial charge in [0.05, 0.1) is 0 Å². The van der Waals surface area contributed by atoms with Gasteiger partial charge in [0.25, 0.3) is 0 Å². The Hall–Kier alpha value is -1.28. The van der Waals surface area contributed by atoms with Crippen LogP contribution in [0.25, 0.3) is 11.0 Å². The maximum atomic E-state index is 9.62. The van der Waals surface area contributed by atoms with Crippen LogP contribution in [0.15, 0.2) is 22.6 Å². The second-order valence-electron chi connectivity index (χ2n) is 5.75. The topological polar surface area (TPSA) is 33.4 Å². The molecule has 1 unspecified atom stereocenters. The molecule has 0 radical (unpaired) electrons. The molecule has 17 heavy (non-hydrogen) atoms. The zero-order valence-corrected chi connectivity index (χ0v) is 11.2. The van der Waals surface area contributed by atoms with Gasteiger partial charge < -0.3 is 9.52 Å². The Kier molecular flexibility index (Phi) is 2.78. The van der Waals surface area contributed by atoms with Crippen molar-refractivity contribution in [3.05, 3.63) is 35.1 Å². The first kappa shape index (κ1) is 12.2. The van der Waals surface area contributed by atoms with Crippen LogP contribution in [0.4, 0.5) is 0 Å². The maximum Gasteiger partial charge on any atom is 0.138 e. The van der Waals surface area contributed by atoms with Crippen LogP contribution in [0.5, 0.6) is 0 Å². The van der Waals surface area contributed by atoms with Gasteiger partial charge in [0.1, 0.15) is 17.4 Å². The molecule has 0 aliphatic rings. The number of benzene rings is 1. The molecule has 1 atom stereocenters. The Balaban J connectivity index is 2.76. The number of aryl methyl sites for hydroxylation is 1. The summed E-state index contributed by atoms with van der Waals surface area (Å²) in [5.74, 6) is 0.639. The van der Waals surface area contributed by atoms with E-state index in [1.54, 1.807) is 6.92 Å². The van der Waals surface area contributed by atoms with Crippen LogP contribution in [-0.4, -0.2) is 5.11 Å². The molecule has 1 N–H and O–H groups in total. The molecule has 2 nitrogen and oxygen atoms in total. The van der Waals surface area contributed by atoms with Crippen molar-refractivity contribution in [2.24, 2.45) is 0 Å². The lowest BCUT2D eigenvalue weighted by molar-refractivity contribution is 0.172. The van der Waals surface area contributed by atoms with Gasteiger partial charge in [-0.3, -0.25) is 0 Å². The fourth-order valence-corrected chi connectivity index (χ4v) is 2.07. The number of hydrogen-bond donors (Lipinski definition) is 1. The van der Waals surface area contributed by atoms with Crippen molar-refractivity contribution in [3.63, 3.8) is 0 Å². The fraction of sp³-hybridized carbons (Fsp3) is 0.467. The SMILES string of the molecule is Cc1ccc(C(C)(C)C)c2oc(C(C)O)cc12. The van der Waals surface area contributed by atoms with Crippen LogP contribution < -0.4 is 0 Å². The molecule has 0 fully saturated rings. The minimum atomic E-state index is -0.561. The van der Waals surface area contributed by atoms with Gasteiger partial charge in [0, 0.05) is 10.9 Å². The van der Waals surface area contributed by atoms with Gasteiger partial charge in [-0.05, 0) is 30.9 Å². The summed E-state index contributed by atoms with van der Waals surface area (Å²) in [6.07, 6.45) is -0.561. The van der Waals surface area contributed by atoms with Crippen LogP contribution >= 0.6 is 0 Å². The summed E-state index contributed by atoms with van der Waals surface area (Å²) in [6, 6.07) is 6.18. The minimum absolute atomic E-state index is 0.0414. The summed E-state index contributed by atoms with van der Waals surface area (Å²) in [5.41, 5.74) is 3.32. The Morgan fingerprint density at radius 1 is 1.24 bits per heavy atom. The smallest absolute Gasteiger partial charge is 0.138 e. The lowest BCUT2D eigenvalue weighted by atomic mass is 9.85. The van der Waals surface area contributed by atoms with Gasteiger partial charge in [0.2, 0.25) is 0 Å². The monoisotopic (exact) mass is 232 g/mol. The van der Waals surface area contributed by atoms with Crippen LogP contribution in [0, 0.1) is 6.92 Å². The largest absolute Gasteiger partial charge is 0.458 e. The molecule has 92 valence electrons. The normalized spacial score (nSPS) is 14.2. The van der Waals surface area contributed by atoms with E-state index in [-0.39, 0.29) is 5.41 Å². The summed E-state index contributed by atoms with van der Waals surface area (Å²) in [4.78, 5) is 0. The number of aliphatic hydroxyl groups is 1. The minimum Gasteiger partial charge on any atom is -0.458 e. The predicted molar refractivity (Wildman–Crippen MR) is 70.3 cm³/mol. The Labute approximate surface area is 102 Å². The van der Waals surface area contributed by atoms with Gasteiger partial charge in [-0.1, -0.05) is 32.9 Å². The molecule has 0 saturated heterocycles. The van der Waals surface area contributed by atoms with Gasteiger partial charge in [0.15, 0.2) is 0 Å². The molecule has 2 aromatic rings. The van der Waals surface area contributed by atoms with Gasteiger partial charge in [-0.15, -0.1) is 0 Å². The van der Waals surface area contributed by atoms with E-state index in [1.165, 1.54) is 11.1 Å². The lowest BCUT2D eigenvalue weighted by Gasteiger charge is -2.19. The number of furan rings is 1. The fourth-order valence-electron chi connectivity index (χ4n) is 2.07. The molecule has 0 aliphatic heterocycles. The van der Waals surface area contributed by atoms with E-state index in [9.17, 15) is 5.11 Å². The van der Waals surface area contributed by atoms with E-state index < -0.39 is 6.10 Å². The van der Waals surface area contributed by atoms with Crippen molar-refractivity contribution in [3.8, 4) is 0 Å². The first-order valence-corrected chi connectivity index (χ1v) is 6.02. The summed E-state index contributed by atoms with van der Waals surface area (Å²) < 4.78 is 5.82. The van der Waals surface area contributed by atoms with E-state index in [4.69, 9.17) is 4.42 Å². The van der Waals surface area contributed by atoms with Gasteiger partial charge in [-0.2, -0.15) is 0 Å². The number of fused-ring (bicyclic) bond motifs is 1. The highest BCUT2D eigenvalue weighted by molar-refractivity contribution is 5.85. The predicted octanol–water partition coefficient (Wildman–Crippen LogP) is 4.09. The first-order chi connectivity index (χ1) is 7.80. The molecule has 1 aromatic carbocycles. The highest BCUT2D eigenvalue weighted by Crippen LogP contribution is 2.35. The molecule has 0 aliphatic carbocycles. The third-order valence-electron chi connectivity index (χ3n) is 3.14. The average Bonchev–Trinajstić information content (AvgIpc) is 2.61. The van der Waals surface area contributed by atoms with Gasteiger partial charge >= 0.3 is 0 Å². The van der Waals surface area contributed by atoms with E-state index >= 15 is 0 Å². The molecule has 0 bridgehead atoms. The molecule has 0 spiro atoms. The first-order valence-electron chi connectivity index (χ1n) is 6.02. The summed E-state index contributed by atoms with van der Waals surface area (Å²) in [7, 11) is 0. The summed E-state index contributed by atoms with van der Waals surface area (Å²) in [5, 5.41) is 10.7. The van der Waals surface area contributed by atoms with Crippen molar-refractivity contribution in [1.82, 2.24) is 0 Å². The number of rotatable bonds is 1. The van der Waals surface area contributed by atoms with Gasteiger partial charge in [-0.25, -0.2) is 0 Å². The van der Waals surface area contributed by atoms with Crippen molar-refractivity contribution in [1.29, 1.82) is 0 Å². The van der Waals surface area contributed by atoms with Crippen molar-refractivity contribution in [2.45, 2.75) is 46.1 Å². The molecule has 2 heteroatoms. The third kappa shape index (κ3) is 2.09. The third-order valence-corrected chi connectivity index (χ3v) is 3.14. The molecule has 2 rings (SSSR count). The van der Waals surface area contributed by atoms with E-state index in [2.05, 4.69) is 39.8 Å². The van der Waals surface area contributed by atoms with Crippen molar-refractivity contribution < 1.29 is 9.52 Å². The lowest BCUT2D eigenvalue weighted by Crippen LogP contribution is -2.11. The standard InChI is InChI=1S/C15H20O2/c1-9-6-7-12(15(3,4)5)14-11(9)8-13(17-14)10(2)16/h6-8,10,16H,1-5H3. The zero-order chi connectivity index (χ0) is 12.8. The van der Waals surface area contributed by atoms with Crippen LogP contribution in [-0.2, 0) is 5.41 Å².